The standard InChI is InChI=1S/C11H8/c1-9-5-4-7-10-6-2-3-8-11(9)10/h2-6H,1H3. The monoisotopic (exact) mass is 140 g/mol. The Labute approximate surface area is 66.5 Å². The highest BCUT2D eigenvalue weighted by Gasteiger charge is 1.93. The molecule has 0 aliphatic rings. The normalized spacial score (nSPS) is 10.3. The molecule has 0 fully saturated rings. The Balaban J connectivity index is 2.91. The zero-order valence-corrected chi connectivity index (χ0v) is 6.39. The van der Waals surface area contributed by atoms with E-state index in [4.69, 9.17) is 0 Å². The fourth-order valence-electron chi connectivity index (χ4n) is 1.22. The van der Waals surface area contributed by atoms with Gasteiger partial charge in [-0.2, -0.15) is 0 Å². The van der Waals surface area contributed by atoms with Gasteiger partial charge in [-0.3, -0.25) is 0 Å². The second kappa shape index (κ2) is 2.39. The summed E-state index contributed by atoms with van der Waals surface area (Å²) in [6.45, 7) is 2.09. The predicted molar refractivity (Wildman–Crippen MR) is 46.4 cm³/mol. The molecule has 0 heterocycles. The molecule has 2 aromatic carbocycles. The van der Waals surface area contributed by atoms with E-state index in [0.29, 0.717) is 0 Å². The largest absolute Gasteiger partial charge is 0.0610 e. The molecule has 0 atom stereocenters. The van der Waals surface area contributed by atoms with Crippen molar-refractivity contribution in [3.05, 3.63) is 48.0 Å². The van der Waals surface area contributed by atoms with Gasteiger partial charge in [0.15, 0.2) is 0 Å². The lowest BCUT2D eigenvalue weighted by molar-refractivity contribution is 1.52. The zero-order chi connectivity index (χ0) is 7.68. The van der Waals surface area contributed by atoms with E-state index in [1.165, 1.54) is 10.9 Å². The van der Waals surface area contributed by atoms with Crippen molar-refractivity contribution in [1.29, 1.82) is 0 Å². The van der Waals surface area contributed by atoms with Gasteiger partial charge >= 0.3 is 0 Å². The maximum absolute atomic E-state index is 3.19. The van der Waals surface area contributed by atoms with Gasteiger partial charge in [0.25, 0.3) is 0 Å². The van der Waals surface area contributed by atoms with E-state index in [9.17, 15) is 0 Å². The van der Waals surface area contributed by atoms with Crippen LogP contribution in [0.25, 0.3) is 10.8 Å². The minimum Gasteiger partial charge on any atom is -0.0610 e. The molecule has 0 bridgehead atoms. The second-order valence-electron chi connectivity index (χ2n) is 2.62. The van der Waals surface area contributed by atoms with E-state index in [-0.39, 0.29) is 0 Å². The van der Waals surface area contributed by atoms with Crippen LogP contribution < -0.4 is 0 Å². The molecule has 0 unspecified atom stereocenters. The highest BCUT2D eigenvalue weighted by molar-refractivity contribution is 5.84. The van der Waals surface area contributed by atoms with Gasteiger partial charge in [0.1, 0.15) is 0 Å². The molecule has 0 saturated carbocycles. The van der Waals surface area contributed by atoms with E-state index >= 15 is 0 Å². The minimum absolute atomic E-state index is 1.15. The molecular formula is C11H8. The second-order valence-corrected chi connectivity index (χ2v) is 2.62. The summed E-state index contributed by atoms with van der Waals surface area (Å²) in [5.41, 5.74) is 1.26. The van der Waals surface area contributed by atoms with Gasteiger partial charge in [-0.05, 0) is 35.4 Å². The third kappa shape index (κ3) is 1.01. The fourth-order valence-corrected chi connectivity index (χ4v) is 1.22. The van der Waals surface area contributed by atoms with E-state index < -0.39 is 0 Å². The molecule has 0 aliphatic heterocycles. The average molecular weight is 140 g/mol. The molecule has 0 N–H and O–H groups in total. The third-order valence-electron chi connectivity index (χ3n) is 1.82. The number of fused-ring (bicyclic) bond motifs is 1. The highest BCUT2D eigenvalue weighted by Crippen LogP contribution is 2.15. The zero-order valence-electron chi connectivity index (χ0n) is 6.39. The molecule has 0 saturated heterocycles. The Morgan fingerprint density at radius 2 is 2.00 bits per heavy atom. The molecule has 0 aliphatic carbocycles. The molecule has 0 spiro atoms. The molecule has 52 valence electrons. The van der Waals surface area contributed by atoms with Crippen LogP contribution in [-0.4, -0.2) is 0 Å². The van der Waals surface area contributed by atoms with Gasteiger partial charge in [0.05, 0.1) is 0 Å². The van der Waals surface area contributed by atoms with Crippen LogP contribution in [-0.2, 0) is 0 Å². The maximum Gasteiger partial charge on any atom is -0.00697 e. The first-order valence-corrected chi connectivity index (χ1v) is 3.65. The number of rotatable bonds is 0. The van der Waals surface area contributed by atoms with E-state index in [1.807, 2.05) is 18.2 Å². The summed E-state index contributed by atoms with van der Waals surface area (Å²) < 4.78 is 0. The SMILES string of the molecule is Cc1cc[c]c2ccc[c]c12. The molecule has 2 radical (unpaired) electrons. The van der Waals surface area contributed by atoms with Crippen LogP contribution >= 0.6 is 0 Å². The topological polar surface area (TPSA) is 0 Å². The van der Waals surface area contributed by atoms with Crippen molar-refractivity contribution in [3.63, 3.8) is 0 Å². The number of benzene rings is 2. The molecule has 2 rings (SSSR count). The van der Waals surface area contributed by atoms with E-state index in [0.717, 1.165) is 5.39 Å². The Kier molecular flexibility index (Phi) is 1.39. The summed E-state index contributed by atoms with van der Waals surface area (Å²) in [7, 11) is 0. The van der Waals surface area contributed by atoms with Crippen LogP contribution in [0, 0.1) is 19.1 Å². The van der Waals surface area contributed by atoms with Gasteiger partial charge in [-0.15, -0.1) is 0 Å². The summed E-state index contributed by atoms with van der Waals surface area (Å²) in [5, 5.41) is 2.32. The van der Waals surface area contributed by atoms with Crippen molar-refractivity contribution in [2.45, 2.75) is 6.92 Å². The molecule has 11 heavy (non-hydrogen) atoms. The first kappa shape index (κ1) is 6.41. The molecule has 0 aromatic heterocycles. The lowest BCUT2D eigenvalue weighted by Gasteiger charge is -1.97. The molecule has 2 aromatic rings. The van der Waals surface area contributed by atoms with Crippen molar-refractivity contribution < 1.29 is 0 Å². The van der Waals surface area contributed by atoms with E-state index in [2.05, 4.69) is 31.2 Å². The number of hydrogen-bond acceptors (Lipinski definition) is 0. The summed E-state index contributed by atoms with van der Waals surface area (Å²) in [6.07, 6.45) is 0. The molecule has 0 amide bonds. The first-order valence-electron chi connectivity index (χ1n) is 3.65. The van der Waals surface area contributed by atoms with Gasteiger partial charge in [0.2, 0.25) is 0 Å². The fraction of sp³-hybridized carbons (Fsp3) is 0.0909. The van der Waals surface area contributed by atoms with Crippen molar-refractivity contribution in [2.24, 2.45) is 0 Å². The van der Waals surface area contributed by atoms with Crippen molar-refractivity contribution >= 4 is 10.8 Å². The summed E-state index contributed by atoms with van der Waals surface area (Å²) >= 11 is 0. The quantitative estimate of drug-likeness (QED) is 0.527. The van der Waals surface area contributed by atoms with Crippen LogP contribution in [0.1, 0.15) is 5.56 Å². The van der Waals surface area contributed by atoms with Crippen LogP contribution in [0.5, 0.6) is 0 Å². The highest BCUT2D eigenvalue weighted by atomic mass is 14.0. The Bertz CT molecular complexity index is 369. The van der Waals surface area contributed by atoms with Crippen molar-refractivity contribution in [3.8, 4) is 0 Å². The first-order chi connectivity index (χ1) is 5.38. The summed E-state index contributed by atoms with van der Waals surface area (Å²) in [6, 6.07) is 16.3. The minimum atomic E-state index is 1.15. The Morgan fingerprint density at radius 3 is 2.82 bits per heavy atom. The summed E-state index contributed by atoms with van der Waals surface area (Å²) in [5.74, 6) is 0. The van der Waals surface area contributed by atoms with Crippen molar-refractivity contribution in [2.75, 3.05) is 0 Å². The Hall–Kier alpha value is -1.30. The lowest BCUT2D eigenvalue weighted by atomic mass is 10.1. The van der Waals surface area contributed by atoms with Gasteiger partial charge in [-0.25, -0.2) is 0 Å². The lowest BCUT2D eigenvalue weighted by Crippen LogP contribution is -1.76. The Morgan fingerprint density at radius 1 is 1.09 bits per heavy atom. The molecule has 0 heteroatoms. The van der Waals surface area contributed by atoms with E-state index in [1.54, 1.807) is 0 Å². The maximum atomic E-state index is 3.19. The molecular weight excluding hydrogens is 132 g/mol. The smallest absolute Gasteiger partial charge is 0.00697 e. The predicted octanol–water partition coefficient (Wildman–Crippen LogP) is 2.75. The van der Waals surface area contributed by atoms with Crippen LogP contribution in [0.2, 0.25) is 0 Å². The summed E-state index contributed by atoms with van der Waals surface area (Å²) in [4.78, 5) is 0. The van der Waals surface area contributed by atoms with Gasteiger partial charge in [0, 0.05) is 0 Å². The third-order valence-corrected chi connectivity index (χ3v) is 1.82. The van der Waals surface area contributed by atoms with Crippen molar-refractivity contribution in [1.82, 2.24) is 0 Å². The van der Waals surface area contributed by atoms with Crippen LogP contribution in [0.15, 0.2) is 30.3 Å². The number of hydrogen-bond donors (Lipinski definition) is 0. The number of aryl methyl sites for hydroxylation is 1. The van der Waals surface area contributed by atoms with Gasteiger partial charge < -0.3 is 0 Å². The van der Waals surface area contributed by atoms with Crippen LogP contribution in [0.3, 0.4) is 0 Å². The molecule has 0 nitrogen and oxygen atoms in total. The average Bonchev–Trinajstić information content (AvgIpc) is 2.06. The van der Waals surface area contributed by atoms with Crippen LogP contribution in [0.4, 0.5) is 0 Å². The van der Waals surface area contributed by atoms with Gasteiger partial charge in [-0.1, -0.05) is 30.3 Å².